The topological polar surface area (TPSA) is 91.7 Å². The summed E-state index contributed by atoms with van der Waals surface area (Å²) in [5.74, 6) is -0.115. The highest BCUT2D eigenvalue weighted by atomic mass is 16.6. The first-order valence-electron chi connectivity index (χ1n) is 8.99. The quantitative estimate of drug-likeness (QED) is 0.590. The molecule has 0 unspecified atom stereocenters. The number of aromatic nitrogens is 2. The molecule has 1 N–H and O–H groups in total. The smallest absolute Gasteiger partial charge is 0.344 e. The van der Waals surface area contributed by atoms with Gasteiger partial charge in [0.2, 0.25) is 0 Å². The number of para-hydroxylation sites is 1. The van der Waals surface area contributed by atoms with Crippen LogP contribution in [0.3, 0.4) is 0 Å². The summed E-state index contributed by atoms with van der Waals surface area (Å²) in [6, 6.07) is 16.1. The Morgan fingerprint density at radius 3 is 2.62 bits per heavy atom. The van der Waals surface area contributed by atoms with Crippen molar-refractivity contribution in [2.24, 2.45) is 0 Å². The fourth-order valence-corrected chi connectivity index (χ4v) is 2.58. The van der Waals surface area contributed by atoms with Crippen molar-refractivity contribution in [3.8, 4) is 17.2 Å². The minimum absolute atomic E-state index is 0.147. The molecule has 0 fully saturated rings. The summed E-state index contributed by atoms with van der Waals surface area (Å²) in [7, 11) is 1.48. The second-order valence-electron chi connectivity index (χ2n) is 5.90. The van der Waals surface area contributed by atoms with Crippen LogP contribution in [-0.2, 0) is 9.53 Å². The molecule has 2 aromatic carbocycles. The van der Waals surface area contributed by atoms with Crippen molar-refractivity contribution in [1.29, 1.82) is 0 Å². The van der Waals surface area contributed by atoms with E-state index >= 15 is 0 Å². The highest BCUT2D eigenvalue weighted by molar-refractivity contribution is 6.04. The summed E-state index contributed by atoms with van der Waals surface area (Å²) in [6.45, 7) is 1.80. The lowest BCUT2D eigenvalue weighted by atomic mass is 10.3. The monoisotopic (exact) mass is 395 g/mol. The van der Waals surface area contributed by atoms with Gasteiger partial charge in [-0.1, -0.05) is 24.3 Å². The van der Waals surface area contributed by atoms with Gasteiger partial charge in [0.15, 0.2) is 18.1 Å². The average Bonchev–Trinajstić information content (AvgIpc) is 3.18. The van der Waals surface area contributed by atoms with Crippen molar-refractivity contribution in [2.75, 3.05) is 25.6 Å². The predicted molar refractivity (Wildman–Crippen MR) is 107 cm³/mol. The Kier molecular flexibility index (Phi) is 6.47. The van der Waals surface area contributed by atoms with Crippen LogP contribution >= 0.6 is 0 Å². The molecule has 0 radical (unpaired) electrons. The number of hydrogen-bond donors (Lipinski definition) is 1. The van der Waals surface area contributed by atoms with Gasteiger partial charge in [-0.15, -0.1) is 0 Å². The molecule has 0 aliphatic heterocycles. The molecule has 0 saturated carbocycles. The first-order valence-corrected chi connectivity index (χ1v) is 8.99. The molecule has 0 aliphatic carbocycles. The molecule has 29 heavy (non-hydrogen) atoms. The van der Waals surface area contributed by atoms with Crippen LogP contribution in [0.2, 0.25) is 0 Å². The number of ether oxygens (including phenoxy) is 3. The minimum atomic E-state index is -0.460. The van der Waals surface area contributed by atoms with E-state index in [1.54, 1.807) is 42.1 Å². The largest absolute Gasteiger partial charge is 0.493 e. The van der Waals surface area contributed by atoms with Crippen molar-refractivity contribution in [1.82, 2.24) is 9.78 Å². The SMILES string of the molecule is CCOC(=O)COc1cccc(NC(=O)c2nn(-c3ccccc3)cc2OC)c1. The lowest BCUT2D eigenvalue weighted by molar-refractivity contribution is -0.145. The fourth-order valence-electron chi connectivity index (χ4n) is 2.58. The molecule has 8 heteroatoms. The van der Waals surface area contributed by atoms with Gasteiger partial charge in [0.25, 0.3) is 5.91 Å². The van der Waals surface area contributed by atoms with Gasteiger partial charge in [-0.3, -0.25) is 4.79 Å². The second kappa shape index (κ2) is 9.41. The van der Waals surface area contributed by atoms with E-state index in [0.29, 0.717) is 17.2 Å². The van der Waals surface area contributed by atoms with Gasteiger partial charge in [0.1, 0.15) is 5.75 Å². The molecule has 0 aliphatic rings. The molecule has 150 valence electrons. The molecule has 1 heterocycles. The maximum atomic E-state index is 12.7. The number of nitrogens with zero attached hydrogens (tertiary/aromatic N) is 2. The molecular formula is C21H21N3O5. The molecule has 0 saturated heterocycles. The maximum Gasteiger partial charge on any atom is 0.344 e. The van der Waals surface area contributed by atoms with Crippen LogP contribution < -0.4 is 14.8 Å². The zero-order valence-corrected chi connectivity index (χ0v) is 16.1. The molecule has 3 aromatic rings. The van der Waals surface area contributed by atoms with Crippen LogP contribution in [0.4, 0.5) is 5.69 Å². The first kappa shape index (κ1) is 19.9. The number of anilines is 1. The summed E-state index contributed by atoms with van der Waals surface area (Å²) in [5.41, 5.74) is 1.45. The minimum Gasteiger partial charge on any atom is -0.493 e. The van der Waals surface area contributed by atoms with Gasteiger partial charge in [0.05, 0.1) is 25.6 Å². The summed E-state index contributed by atoms with van der Waals surface area (Å²) < 4.78 is 17.1. The van der Waals surface area contributed by atoms with E-state index in [4.69, 9.17) is 14.2 Å². The number of esters is 1. The second-order valence-corrected chi connectivity index (χ2v) is 5.90. The molecular weight excluding hydrogens is 374 g/mol. The van der Waals surface area contributed by atoms with E-state index in [9.17, 15) is 9.59 Å². The van der Waals surface area contributed by atoms with Crippen molar-refractivity contribution >= 4 is 17.6 Å². The van der Waals surface area contributed by atoms with Crippen LogP contribution in [0.1, 0.15) is 17.4 Å². The standard InChI is InChI=1S/C21H21N3O5/c1-3-28-19(25)14-29-17-11-7-8-15(12-17)22-21(26)20-18(27-2)13-24(23-20)16-9-5-4-6-10-16/h4-13H,3,14H2,1-2H3,(H,22,26). The van der Waals surface area contributed by atoms with E-state index in [1.165, 1.54) is 7.11 Å². The van der Waals surface area contributed by atoms with Crippen molar-refractivity contribution in [3.05, 3.63) is 66.5 Å². The van der Waals surface area contributed by atoms with Crippen LogP contribution in [0.25, 0.3) is 5.69 Å². The number of benzene rings is 2. The van der Waals surface area contributed by atoms with Gasteiger partial charge in [-0.05, 0) is 31.2 Å². The summed E-state index contributed by atoms with van der Waals surface area (Å²) >= 11 is 0. The third-order valence-electron chi connectivity index (χ3n) is 3.89. The lowest BCUT2D eigenvalue weighted by Gasteiger charge is -2.08. The highest BCUT2D eigenvalue weighted by Crippen LogP contribution is 2.22. The average molecular weight is 395 g/mol. The number of carbonyl (C=O) groups excluding carboxylic acids is 2. The number of methoxy groups -OCH3 is 1. The van der Waals surface area contributed by atoms with Crippen LogP contribution in [-0.4, -0.2) is 42.0 Å². The molecule has 1 aromatic heterocycles. The summed E-state index contributed by atoms with van der Waals surface area (Å²) in [6.07, 6.45) is 1.64. The Balaban J connectivity index is 1.72. The Morgan fingerprint density at radius 1 is 1.10 bits per heavy atom. The molecule has 8 nitrogen and oxygen atoms in total. The Labute approximate surface area is 168 Å². The first-order chi connectivity index (χ1) is 14.1. The van der Waals surface area contributed by atoms with E-state index in [2.05, 4.69) is 10.4 Å². The Bertz CT molecular complexity index is 985. The Hall–Kier alpha value is -3.81. The van der Waals surface area contributed by atoms with Gasteiger partial charge in [-0.2, -0.15) is 5.10 Å². The maximum absolute atomic E-state index is 12.7. The third-order valence-corrected chi connectivity index (χ3v) is 3.89. The molecule has 1 amide bonds. The molecule has 0 atom stereocenters. The van der Waals surface area contributed by atoms with Gasteiger partial charge in [0, 0.05) is 11.8 Å². The molecule has 3 rings (SSSR count). The summed E-state index contributed by atoms with van der Waals surface area (Å²) in [5, 5.41) is 7.10. The van der Waals surface area contributed by atoms with Crippen molar-refractivity contribution in [2.45, 2.75) is 6.92 Å². The van der Waals surface area contributed by atoms with Crippen LogP contribution in [0, 0.1) is 0 Å². The number of carbonyl (C=O) groups is 2. The fraction of sp³-hybridized carbons (Fsp3) is 0.190. The van der Waals surface area contributed by atoms with Crippen LogP contribution in [0.5, 0.6) is 11.5 Å². The number of amides is 1. The lowest BCUT2D eigenvalue weighted by Crippen LogP contribution is -2.15. The zero-order valence-electron chi connectivity index (χ0n) is 16.1. The highest BCUT2D eigenvalue weighted by Gasteiger charge is 2.19. The van der Waals surface area contributed by atoms with E-state index in [1.807, 2.05) is 30.3 Å². The van der Waals surface area contributed by atoms with Gasteiger partial charge in [-0.25, -0.2) is 9.48 Å². The predicted octanol–water partition coefficient (Wildman–Crippen LogP) is 3.08. The Morgan fingerprint density at radius 2 is 1.90 bits per heavy atom. The summed E-state index contributed by atoms with van der Waals surface area (Å²) in [4.78, 5) is 24.1. The molecule has 0 spiro atoms. The number of nitrogens with one attached hydrogen (secondary N) is 1. The van der Waals surface area contributed by atoms with Crippen molar-refractivity contribution < 1.29 is 23.8 Å². The zero-order chi connectivity index (χ0) is 20.6. The van der Waals surface area contributed by atoms with Crippen LogP contribution in [0.15, 0.2) is 60.8 Å². The van der Waals surface area contributed by atoms with E-state index < -0.39 is 11.9 Å². The third kappa shape index (κ3) is 5.13. The van der Waals surface area contributed by atoms with E-state index in [0.717, 1.165) is 5.69 Å². The van der Waals surface area contributed by atoms with Crippen molar-refractivity contribution in [3.63, 3.8) is 0 Å². The van der Waals surface area contributed by atoms with E-state index in [-0.39, 0.29) is 18.9 Å². The van der Waals surface area contributed by atoms with Gasteiger partial charge >= 0.3 is 5.97 Å². The van der Waals surface area contributed by atoms with Gasteiger partial charge < -0.3 is 19.5 Å². The molecule has 0 bridgehead atoms. The normalized spacial score (nSPS) is 10.3. The number of hydrogen-bond acceptors (Lipinski definition) is 6. The number of rotatable bonds is 8.